The Morgan fingerprint density at radius 1 is 1.10 bits per heavy atom. The van der Waals surface area contributed by atoms with Gasteiger partial charge in [-0.05, 0) is 51.5 Å². The van der Waals surface area contributed by atoms with Crippen LogP contribution in [0.25, 0.3) is 0 Å². The Hall–Kier alpha value is -2.20. The minimum Gasteiger partial charge on any atom is -0.480 e. The van der Waals surface area contributed by atoms with Gasteiger partial charge in [0.05, 0.1) is 12.1 Å². The Kier molecular flexibility index (Phi) is 8.60. The number of aliphatic hydroxyl groups excluding tert-OH is 1. The summed E-state index contributed by atoms with van der Waals surface area (Å²) in [6.45, 7) is 6.22. The molecule has 0 saturated carbocycles. The molecule has 2 heterocycles. The van der Waals surface area contributed by atoms with Crippen molar-refractivity contribution in [1.29, 1.82) is 0 Å². The lowest BCUT2D eigenvalue weighted by atomic mass is 10.0. The van der Waals surface area contributed by atoms with Gasteiger partial charge in [-0.3, -0.25) is 14.4 Å². The number of nitrogens with zero attached hydrogens (tertiary/aromatic N) is 1. The lowest BCUT2D eigenvalue weighted by molar-refractivity contribution is -0.149. The van der Waals surface area contributed by atoms with E-state index >= 15 is 0 Å². The van der Waals surface area contributed by atoms with E-state index in [0.717, 1.165) is 13.0 Å². The van der Waals surface area contributed by atoms with Crippen molar-refractivity contribution in [2.24, 2.45) is 5.92 Å². The number of hydrogen-bond acceptors (Lipinski definition) is 6. The second kappa shape index (κ2) is 10.7. The summed E-state index contributed by atoms with van der Waals surface area (Å²) in [4.78, 5) is 51.1. The molecule has 0 aromatic rings. The second-order valence-electron chi connectivity index (χ2n) is 8.59. The number of aliphatic hydroxyl groups is 1. The van der Waals surface area contributed by atoms with Crippen LogP contribution >= 0.6 is 0 Å². The van der Waals surface area contributed by atoms with Crippen molar-refractivity contribution in [2.45, 2.75) is 83.1 Å². The number of rotatable bonds is 9. The summed E-state index contributed by atoms with van der Waals surface area (Å²) in [5.74, 6) is -2.48. The fraction of sp³-hybridized carbons (Fsp3) is 0.800. The Bertz CT molecular complexity index is 647. The molecule has 30 heavy (non-hydrogen) atoms. The lowest BCUT2D eigenvalue weighted by Gasteiger charge is -2.30. The quantitative estimate of drug-likeness (QED) is 0.324. The Morgan fingerprint density at radius 3 is 2.33 bits per heavy atom. The van der Waals surface area contributed by atoms with E-state index in [1.807, 2.05) is 13.8 Å². The van der Waals surface area contributed by atoms with Gasteiger partial charge in [-0.25, -0.2) is 4.79 Å². The van der Waals surface area contributed by atoms with Crippen LogP contribution in [-0.4, -0.2) is 82.2 Å². The third kappa shape index (κ3) is 6.15. The number of likely N-dealkylation sites (tertiary alicyclic amines) is 1. The maximum atomic E-state index is 13.0. The Labute approximate surface area is 176 Å². The maximum absolute atomic E-state index is 13.0. The van der Waals surface area contributed by atoms with Gasteiger partial charge in [0.15, 0.2) is 0 Å². The smallest absolute Gasteiger partial charge is 0.326 e. The Balaban J connectivity index is 2.10. The first-order chi connectivity index (χ1) is 14.1. The van der Waals surface area contributed by atoms with Crippen molar-refractivity contribution < 1.29 is 29.4 Å². The molecule has 0 bridgehead atoms. The molecule has 2 aliphatic rings. The van der Waals surface area contributed by atoms with Gasteiger partial charge in [0.2, 0.25) is 17.7 Å². The van der Waals surface area contributed by atoms with Crippen LogP contribution in [0.15, 0.2) is 0 Å². The minimum atomic E-state index is -1.21. The third-order valence-electron chi connectivity index (χ3n) is 5.58. The summed E-state index contributed by atoms with van der Waals surface area (Å²) in [6.07, 6.45) is 1.63. The van der Waals surface area contributed by atoms with Gasteiger partial charge in [0, 0.05) is 6.54 Å². The number of nitrogens with one attached hydrogen (secondary N) is 3. The van der Waals surface area contributed by atoms with E-state index in [4.69, 9.17) is 0 Å². The van der Waals surface area contributed by atoms with Gasteiger partial charge in [-0.1, -0.05) is 13.8 Å². The van der Waals surface area contributed by atoms with Gasteiger partial charge >= 0.3 is 5.97 Å². The number of carboxylic acids is 1. The number of carbonyl (C=O) groups excluding carboxylic acids is 3. The number of carboxylic acid groups (broad SMARTS) is 1. The highest BCUT2D eigenvalue weighted by Gasteiger charge is 2.39. The predicted octanol–water partition coefficient (Wildman–Crippen LogP) is -0.789. The van der Waals surface area contributed by atoms with E-state index in [9.17, 15) is 29.4 Å². The predicted molar refractivity (Wildman–Crippen MR) is 108 cm³/mol. The standard InChI is InChI=1S/C20H34N4O6/c1-11(2)10-14(19(28)24-9-5-7-15(24)20(29)30)22-18(27)16(12(3)25)23-17(26)13-6-4-8-21-13/h11-16,21,25H,4-10H2,1-3H3,(H,22,27)(H,23,26)(H,29,30)/t12-,13+,14+,15+,16+/m1/s1. The van der Waals surface area contributed by atoms with E-state index in [2.05, 4.69) is 16.0 Å². The molecule has 2 fully saturated rings. The summed E-state index contributed by atoms with van der Waals surface area (Å²) in [5.41, 5.74) is 0. The lowest BCUT2D eigenvalue weighted by Crippen LogP contribution is -2.59. The van der Waals surface area contributed by atoms with Crippen LogP contribution in [-0.2, 0) is 19.2 Å². The molecule has 2 aliphatic heterocycles. The molecular formula is C20H34N4O6. The van der Waals surface area contributed by atoms with Crippen LogP contribution in [0, 0.1) is 5.92 Å². The summed E-state index contributed by atoms with van der Waals surface area (Å²) in [6, 6.07) is -3.45. The average molecular weight is 427 g/mol. The minimum absolute atomic E-state index is 0.0624. The molecule has 5 atom stereocenters. The molecule has 0 unspecified atom stereocenters. The highest BCUT2D eigenvalue weighted by molar-refractivity contribution is 5.94. The monoisotopic (exact) mass is 426 g/mol. The zero-order valence-corrected chi connectivity index (χ0v) is 17.9. The first-order valence-electron chi connectivity index (χ1n) is 10.7. The molecule has 0 aromatic heterocycles. The zero-order chi connectivity index (χ0) is 22.4. The maximum Gasteiger partial charge on any atom is 0.326 e. The molecule has 0 aliphatic carbocycles. The first kappa shape index (κ1) is 24.1. The van der Waals surface area contributed by atoms with Crippen LogP contribution in [0.5, 0.6) is 0 Å². The number of aliphatic carboxylic acids is 1. The average Bonchev–Trinajstić information content (AvgIpc) is 3.35. The van der Waals surface area contributed by atoms with Crippen LogP contribution in [0.1, 0.15) is 52.9 Å². The fourth-order valence-electron chi connectivity index (χ4n) is 4.01. The van der Waals surface area contributed by atoms with E-state index in [-0.39, 0.29) is 11.8 Å². The molecule has 170 valence electrons. The Morgan fingerprint density at radius 2 is 1.80 bits per heavy atom. The normalized spacial score (nSPS) is 24.4. The topological polar surface area (TPSA) is 148 Å². The van der Waals surface area contributed by atoms with Gasteiger partial charge in [-0.15, -0.1) is 0 Å². The molecule has 2 saturated heterocycles. The van der Waals surface area contributed by atoms with Crippen molar-refractivity contribution in [3.05, 3.63) is 0 Å². The molecule has 0 aromatic carbocycles. The molecule has 5 N–H and O–H groups in total. The summed E-state index contributed by atoms with van der Waals surface area (Å²) in [7, 11) is 0. The first-order valence-corrected chi connectivity index (χ1v) is 10.7. The van der Waals surface area contributed by atoms with Crippen molar-refractivity contribution in [2.75, 3.05) is 13.1 Å². The number of hydrogen-bond donors (Lipinski definition) is 5. The van der Waals surface area contributed by atoms with Gasteiger partial charge < -0.3 is 31.1 Å². The highest BCUT2D eigenvalue weighted by atomic mass is 16.4. The molecule has 10 nitrogen and oxygen atoms in total. The molecule has 0 spiro atoms. The van der Waals surface area contributed by atoms with Crippen molar-refractivity contribution in [1.82, 2.24) is 20.9 Å². The molecular weight excluding hydrogens is 392 g/mol. The number of amides is 3. The SMILES string of the molecule is CC(C)C[C@H](NC(=O)[C@@H](NC(=O)[C@@H]1CCCN1)[C@@H](C)O)C(=O)N1CCC[C@H]1C(=O)O. The largest absolute Gasteiger partial charge is 0.480 e. The van der Waals surface area contributed by atoms with Gasteiger partial charge in [0.1, 0.15) is 18.1 Å². The van der Waals surface area contributed by atoms with E-state index in [1.165, 1.54) is 11.8 Å². The summed E-state index contributed by atoms with van der Waals surface area (Å²) in [5, 5.41) is 27.7. The second-order valence-corrected chi connectivity index (χ2v) is 8.59. The van der Waals surface area contributed by atoms with E-state index in [1.54, 1.807) is 0 Å². The van der Waals surface area contributed by atoms with Gasteiger partial charge in [-0.2, -0.15) is 0 Å². The fourth-order valence-corrected chi connectivity index (χ4v) is 4.01. The van der Waals surface area contributed by atoms with Crippen LogP contribution < -0.4 is 16.0 Å². The molecule has 3 amide bonds. The molecule has 0 radical (unpaired) electrons. The molecule has 10 heteroatoms. The van der Waals surface area contributed by atoms with Crippen molar-refractivity contribution in [3.63, 3.8) is 0 Å². The van der Waals surface area contributed by atoms with Crippen molar-refractivity contribution in [3.8, 4) is 0 Å². The van der Waals surface area contributed by atoms with E-state index < -0.39 is 48.1 Å². The number of carbonyl (C=O) groups is 4. The summed E-state index contributed by atoms with van der Waals surface area (Å²) >= 11 is 0. The summed E-state index contributed by atoms with van der Waals surface area (Å²) < 4.78 is 0. The van der Waals surface area contributed by atoms with E-state index in [0.29, 0.717) is 32.2 Å². The zero-order valence-electron chi connectivity index (χ0n) is 17.9. The van der Waals surface area contributed by atoms with Crippen molar-refractivity contribution >= 4 is 23.7 Å². The third-order valence-corrected chi connectivity index (χ3v) is 5.58. The van der Waals surface area contributed by atoms with Crippen LogP contribution in [0.3, 0.4) is 0 Å². The van der Waals surface area contributed by atoms with Crippen LogP contribution in [0.4, 0.5) is 0 Å². The van der Waals surface area contributed by atoms with Gasteiger partial charge in [0.25, 0.3) is 0 Å². The molecule has 2 rings (SSSR count). The van der Waals surface area contributed by atoms with Crippen LogP contribution in [0.2, 0.25) is 0 Å². The highest BCUT2D eigenvalue weighted by Crippen LogP contribution is 2.20.